The topological polar surface area (TPSA) is 63.0 Å². The zero-order chi connectivity index (χ0) is 15.3. The van der Waals surface area contributed by atoms with Gasteiger partial charge >= 0.3 is 0 Å². The lowest BCUT2D eigenvalue weighted by atomic mass is 9.74. The number of hydrogen-bond donors (Lipinski definition) is 0. The maximum atomic E-state index is 14.1. The molecule has 1 heterocycles. The number of methoxy groups -OCH3 is 1. The summed E-state index contributed by atoms with van der Waals surface area (Å²) in [5.41, 5.74) is -2.13. The minimum atomic E-state index is -1.31. The average Bonchev–Trinajstić information content (AvgIpc) is 3.22. The zero-order valence-corrected chi connectivity index (χ0v) is 11.3. The molecule has 0 radical (unpaired) electrons. The fraction of sp³-hybridized carbons (Fsp3) is 0.400. The van der Waals surface area contributed by atoms with Gasteiger partial charge in [0.15, 0.2) is 11.6 Å². The highest BCUT2D eigenvalue weighted by molar-refractivity contribution is 6.06. The van der Waals surface area contributed by atoms with Crippen molar-refractivity contribution in [3.8, 4) is 6.07 Å². The maximum absolute atomic E-state index is 14.1. The molecule has 0 bridgehead atoms. The summed E-state index contributed by atoms with van der Waals surface area (Å²) in [5.74, 6) is -1.87. The van der Waals surface area contributed by atoms with E-state index in [0.717, 1.165) is 12.3 Å². The Kier molecular flexibility index (Phi) is 2.92. The van der Waals surface area contributed by atoms with Gasteiger partial charge in [0.2, 0.25) is 0 Å². The van der Waals surface area contributed by atoms with E-state index in [0.29, 0.717) is 12.8 Å². The van der Waals surface area contributed by atoms with Crippen molar-refractivity contribution in [3.63, 3.8) is 0 Å². The van der Waals surface area contributed by atoms with Crippen molar-refractivity contribution in [1.29, 1.82) is 5.26 Å². The second-order valence-corrected chi connectivity index (χ2v) is 5.53. The van der Waals surface area contributed by atoms with E-state index in [1.807, 2.05) is 6.07 Å². The molecule has 2 aliphatic rings. The number of allylic oxidation sites excluding steroid dienone is 1. The predicted octanol–water partition coefficient (Wildman–Crippen LogP) is 2.40. The van der Waals surface area contributed by atoms with Crippen molar-refractivity contribution >= 4 is 5.78 Å². The first-order chi connectivity index (χ1) is 9.96. The van der Waals surface area contributed by atoms with Gasteiger partial charge in [0.05, 0.1) is 11.8 Å². The normalized spacial score (nSPS) is 26.4. The summed E-state index contributed by atoms with van der Waals surface area (Å²) in [6.45, 7) is 0. The Morgan fingerprint density at radius 2 is 2.14 bits per heavy atom. The van der Waals surface area contributed by atoms with E-state index in [2.05, 4.69) is 4.98 Å². The average molecular weight is 290 g/mol. The summed E-state index contributed by atoms with van der Waals surface area (Å²) >= 11 is 0. The Morgan fingerprint density at radius 1 is 1.43 bits per heavy atom. The molecule has 1 atom stereocenters. The Balaban J connectivity index is 2.18. The van der Waals surface area contributed by atoms with Crippen molar-refractivity contribution in [3.05, 3.63) is 41.2 Å². The molecule has 1 spiro atoms. The third-order valence-electron chi connectivity index (χ3n) is 4.25. The zero-order valence-electron chi connectivity index (χ0n) is 11.3. The summed E-state index contributed by atoms with van der Waals surface area (Å²) in [6, 6.07) is 2.57. The summed E-state index contributed by atoms with van der Waals surface area (Å²) in [5, 5.41) is 9.14. The van der Waals surface area contributed by atoms with Gasteiger partial charge < -0.3 is 4.74 Å². The van der Waals surface area contributed by atoms with E-state index in [-0.39, 0.29) is 23.5 Å². The van der Waals surface area contributed by atoms with E-state index < -0.39 is 22.7 Å². The van der Waals surface area contributed by atoms with Crippen LogP contribution in [-0.4, -0.2) is 17.9 Å². The number of nitrogens with zero attached hydrogens (tertiary/aromatic N) is 2. The Hall–Kier alpha value is -2.13. The molecule has 21 heavy (non-hydrogen) atoms. The fourth-order valence-corrected chi connectivity index (χ4v) is 2.96. The molecule has 4 nitrogen and oxygen atoms in total. The van der Waals surface area contributed by atoms with E-state index in [4.69, 9.17) is 10.00 Å². The summed E-state index contributed by atoms with van der Waals surface area (Å²) in [4.78, 5) is 16.0. The Morgan fingerprint density at radius 3 is 2.67 bits per heavy atom. The number of ketones is 1. The highest BCUT2D eigenvalue weighted by atomic mass is 19.1. The SMILES string of the molecule is COC1(c2ncc(F)cc2F)C=C(C#N)C(=O)C2(CC2)C1. The monoisotopic (exact) mass is 290 g/mol. The molecule has 0 N–H and O–H groups in total. The van der Waals surface area contributed by atoms with Gasteiger partial charge in [0.25, 0.3) is 0 Å². The first-order valence-corrected chi connectivity index (χ1v) is 6.51. The van der Waals surface area contributed by atoms with Crippen LogP contribution in [0.1, 0.15) is 25.0 Å². The minimum absolute atomic E-state index is 0.0499. The molecule has 108 valence electrons. The van der Waals surface area contributed by atoms with Crippen LogP contribution >= 0.6 is 0 Å². The summed E-state index contributed by atoms with van der Waals surface area (Å²) < 4.78 is 32.6. The quantitative estimate of drug-likeness (QED) is 0.839. The smallest absolute Gasteiger partial charge is 0.179 e. The third kappa shape index (κ3) is 1.96. The van der Waals surface area contributed by atoms with Gasteiger partial charge in [-0.2, -0.15) is 5.26 Å². The lowest BCUT2D eigenvalue weighted by Gasteiger charge is -2.36. The molecule has 0 aliphatic heterocycles. The van der Waals surface area contributed by atoms with Crippen molar-refractivity contribution in [1.82, 2.24) is 4.98 Å². The molecule has 3 rings (SSSR count). The summed E-state index contributed by atoms with van der Waals surface area (Å²) in [6.07, 6.45) is 3.70. The molecule has 1 aromatic heterocycles. The molecule has 1 unspecified atom stereocenters. The number of pyridine rings is 1. The van der Waals surface area contributed by atoms with Crippen LogP contribution in [0.5, 0.6) is 0 Å². The number of carbonyl (C=O) groups is 1. The molecule has 0 saturated heterocycles. The number of Topliss-reactive ketones (excluding diaryl/α,β-unsaturated/α-hetero) is 1. The van der Waals surface area contributed by atoms with E-state index in [9.17, 15) is 13.6 Å². The van der Waals surface area contributed by atoms with Gasteiger partial charge in [-0.05, 0) is 25.3 Å². The molecule has 1 saturated carbocycles. The molecular weight excluding hydrogens is 278 g/mol. The van der Waals surface area contributed by atoms with Crippen LogP contribution in [0.15, 0.2) is 23.9 Å². The number of rotatable bonds is 2. The van der Waals surface area contributed by atoms with Crippen molar-refractivity contribution in [2.45, 2.75) is 24.9 Å². The number of halogens is 2. The molecule has 2 aliphatic carbocycles. The third-order valence-corrected chi connectivity index (χ3v) is 4.25. The lowest BCUT2D eigenvalue weighted by molar-refractivity contribution is -0.124. The second kappa shape index (κ2) is 4.43. The number of nitriles is 1. The largest absolute Gasteiger partial charge is 0.368 e. The first kappa shape index (κ1) is 13.8. The number of ether oxygens (including phenoxy) is 1. The van der Waals surface area contributed by atoms with Gasteiger partial charge in [-0.15, -0.1) is 0 Å². The van der Waals surface area contributed by atoms with Crippen LogP contribution < -0.4 is 0 Å². The van der Waals surface area contributed by atoms with Crippen molar-refractivity contribution in [2.75, 3.05) is 7.11 Å². The highest BCUT2D eigenvalue weighted by Gasteiger charge is 2.59. The predicted molar refractivity (Wildman–Crippen MR) is 67.8 cm³/mol. The van der Waals surface area contributed by atoms with Gasteiger partial charge in [-0.3, -0.25) is 9.78 Å². The highest BCUT2D eigenvalue weighted by Crippen LogP contribution is 2.59. The van der Waals surface area contributed by atoms with Crippen molar-refractivity contribution in [2.24, 2.45) is 5.41 Å². The van der Waals surface area contributed by atoms with Gasteiger partial charge in [-0.25, -0.2) is 8.78 Å². The molecular formula is C15H12F2N2O2. The van der Waals surface area contributed by atoms with E-state index >= 15 is 0 Å². The number of aromatic nitrogens is 1. The minimum Gasteiger partial charge on any atom is -0.368 e. The van der Waals surface area contributed by atoms with Gasteiger partial charge in [0, 0.05) is 18.6 Å². The van der Waals surface area contributed by atoms with Crippen LogP contribution in [0, 0.1) is 28.4 Å². The molecule has 1 fully saturated rings. The maximum Gasteiger partial charge on any atom is 0.179 e. The standard InChI is InChI=1S/C15H12F2N2O2/c1-21-15(12-11(17)4-10(16)7-19-12)5-9(6-18)13(20)14(8-15)2-3-14/h4-5,7H,2-3,8H2,1H3. The van der Waals surface area contributed by atoms with Gasteiger partial charge in [0.1, 0.15) is 23.2 Å². The molecule has 0 amide bonds. The molecule has 0 aromatic carbocycles. The van der Waals surface area contributed by atoms with Crippen LogP contribution in [-0.2, 0) is 15.1 Å². The molecule has 1 aromatic rings. The number of carbonyl (C=O) groups excluding carboxylic acids is 1. The summed E-state index contributed by atoms with van der Waals surface area (Å²) in [7, 11) is 1.36. The van der Waals surface area contributed by atoms with Crippen LogP contribution in [0.3, 0.4) is 0 Å². The fourth-order valence-electron chi connectivity index (χ4n) is 2.96. The van der Waals surface area contributed by atoms with Crippen LogP contribution in [0.2, 0.25) is 0 Å². The Bertz CT molecular complexity index is 704. The van der Waals surface area contributed by atoms with E-state index in [1.54, 1.807) is 0 Å². The number of hydrogen-bond acceptors (Lipinski definition) is 4. The van der Waals surface area contributed by atoms with Crippen LogP contribution in [0.25, 0.3) is 0 Å². The molecule has 6 heteroatoms. The van der Waals surface area contributed by atoms with Crippen LogP contribution in [0.4, 0.5) is 8.78 Å². The van der Waals surface area contributed by atoms with E-state index in [1.165, 1.54) is 13.2 Å². The Labute approximate surface area is 120 Å². The lowest BCUT2D eigenvalue weighted by Crippen LogP contribution is -2.39. The van der Waals surface area contributed by atoms with Gasteiger partial charge in [-0.1, -0.05) is 0 Å². The second-order valence-electron chi connectivity index (χ2n) is 5.53. The van der Waals surface area contributed by atoms with Crippen molar-refractivity contribution < 1.29 is 18.3 Å². The first-order valence-electron chi connectivity index (χ1n) is 6.51.